The first-order valence-electron chi connectivity index (χ1n) is 10.3. The van der Waals surface area contributed by atoms with Gasteiger partial charge in [0, 0.05) is 18.8 Å². The highest BCUT2D eigenvalue weighted by atomic mass is 16.5. The number of H-pyrrole nitrogens is 1. The molecule has 0 spiro atoms. The molecular formula is C24H29N3O4. The Morgan fingerprint density at radius 2 is 1.84 bits per heavy atom. The number of carbonyl (C=O) groups excluding carboxylic acids is 2. The molecule has 2 N–H and O–H groups in total. The predicted octanol–water partition coefficient (Wildman–Crippen LogP) is 4.62. The lowest BCUT2D eigenvalue weighted by Gasteiger charge is -2.23. The maximum atomic E-state index is 13.1. The van der Waals surface area contributed by atoms with Crippen molar-refractivity contribution in [2.24, 2.45) is 0 Å². The Kier molecular flexibility index (Phi) is 7.18. The van der Waals surface area contributed by atoms with E-state index in [4.69, 9.17) is 9.15 Å². The summed E-state index contributed by atoms with van der Waals surface area (Å²) < 4.78 is 10.6. The van der Waals surface area contributed by atoms with Crippen molar-refractivity contribution in [3.05, 3.63) is 82.1 Å². The number of amides is 2. The Morgan fingerprint density at radius 1 is 1.10 bits per heavy atom. The summed E-state index contributed by atoms with van der Waals surface area (Å²) >= 11 is 0. The van der Waals surface area contributed by atoms with Crippen LogP contribution in [0.15, 0.2) is 47.1 Å². The number of rotatable bonds is 8. The molecule has 3 aromatic rings. The van der Waals surface area contributed by atoms with Crippen molar-refractivity contribution < 1.29 is 18.7 Å². The van der Waals surface area contributed by atoms with Crippen LogP contribution >= 0.6 is 0 Å². The lowest BCUT2D eigenvalue weighted by atomic mass is 10.1. The highest BCUT2D eigenvalue weighted by Crippen LogP contribution is 2.22. The van der Waals surface area contributed by atoms with Crippen LogP contribution < -0.4 is 5.32 Å². The molecule has 0 aliphatic heterocycles. The number of ether oxygens (including phenoxy) is 1. The number of aryl methyl sites for hydroxylation is 2. The Morgan fingerprint density at radius 3 is 2.48 bits per heavy atom. The first kappa shape index (κ1) is 22.2. The highest BCUT2D eigenvalue weighted by Gasteiger charge is 2.23. The molecule has 0 saturated carbocycles. The van der Waals surface area contributed by atoms with Gasteiger partial charge in [0.25, 0.3) is 0 Å². The number of urea groups is 1. The van der Waals surface area contributed by atoms with Gasteiger partial charge in [0.15, 0.2) is 0 Å². The standard InChI is InChI=1S/C24H29N3O4/c1-5-30-23(28)22-17(3)21(18(4)26-22)15-27(14-20-7-6-12-31-20)24(29)25-13-19-10-8-16(2)9-11-19/h6-12,26H,5,13-15H2,1-4H3,(H,25,29). The molecule has 0 fully saturated rings. The first-order valence-corrected chi connectivity index (χ1v) is 10.3. The number of benzene rings is 1. The number of nitrogens with zero attached hydrogens (tertiary/aromatic N) is 1. The van der Waals surface area contributed by atoms with Gasteiger partial charge in [0.2, 0.25) is 0 Å². The number of hydrogen-bond acceptors (Lipinski definition) is 4. The van der Waals surface area contributed by atoms with Crippen LogP contribution in [0.25, 0.3) is 0 Å². The molecule has 7 heteroatoms. The van der Waals surface area contributed by atoms with Crippen molar-refractivity contribution in [3.63, 3.8) is 0 Å². The third-order valence-electron chi connectivity index (χ3n) is 5.20. The molecule has 0 aliphatic rings. The van der Waals surface area contributed by atoms with Gasteiger partial charge in [-0.15, -0.1) is 0 Å². The summed E-state index contributed by atoms with van der Waals surface area (Å²) in [6.07, 6.45) is 1.59. The minimum absolute atomic E-state index is 0.213. The Labute approximate surface area is 182 Å². The van der Waals surface area contributed by atoms with Gasteiger partial charge in [-0.1, -0.05) is 29.8 Å². The Bertz CT molecular complexity index is 1020. The van der Waals surface area contributed by atoms with Crippen molar-refractivity contribution in [2.75, 3.05) is 6.61 Å². The fourth-order valence-corrected chi connectivity index (χ4v) is 3.41. The fourth-order valence-electron chi connectivity index (χ4n) is 3.41. The van der Waals surface area contributed by atoms with E-state index in [2.05, 4.69) is 10.3 Å². The van der Waals surface area contributed by atoms with Gasteiger partial charge in [-0.25, -0.2) is 9.59 Å². The van der Waals surface area contributed by atoms with Crippen LogP contribution in [-0.2, 0) is 24.4 Å². The summed E-state index contributed by atoms with van der Waals surface area (Å²) in [6.45, 7) is 8.91. The lowest BCUT2D eigenvalue weighted by molar-refractivity contribution is 0.0519. The third kappa shape index (κ3) is 5.57. The minimum Gasteiger partial charge on any atom is -0.467 e. The Balaban J connectivity index is 1.78. The predicted molar refractivity (Wildman–Crippen MR) is 118 cm³/mol. The van der Waals surface area contributed by atoms with Crippen LogP contribution in [0.1, 0.15) is 51.1 Å². The van der Waals surface area contributed by atoms with Gasteiger partial charge >= 0.3 is 12.0 Å². The maximum Gasteiger partial charge on any atom is 0.355 e. The summed E-state index contributed by atoms with van der Waals surface area (Å²) in [5, 5.41) is 2.98. The second-order valence-corrected chi connectivity index (χ2v) is 7.53. The Hall–Kier alpha value is -3.48. The summed E-state index contributed by atoms with van der Waals surface area (Å²) in [5.74, 6) is 0.290. The molecule has 0 radical (unpaired) electrons. The van der Waals surface area contributed by atoms with Crippen LogP contribution in [0.3, 0.4) is 0 Å². The van der Waals surface area contributed by atoms with Crippen LogP contribution in [-0.4, -0.2) is 28.5 Å². The van der Waals surface area contributed by atoms with Crippen molar-refractivity contribution in [3.8, 4) is 0 Å². The molecule has 0 aliphatic carbocycles. The molecule has 7 nitrogen and oxygen atoms in total. The molecule has 0 bridgehead atoms. The number of nitrogens with one attached hydrogen (secondary N) is 2. The monoisotopic (exact) mass is 423 g/mol. The van der Waals surface area contributed by atoms with Gasteiger partial charge in [-0.2, -0.15) is 0 Å². The molecule has 0 unspecified atom stereocenters. The molecule has 3 rings (SSSR count). The molecule has 0 saturated heterocycles. The summed E-state index contributed by atoms with van der Waals surface area (Å²) in [4.78, 5) is 30.1. The quantitative estimate of drug-likeness (QED) is 0.518. The number of furan rings is 1. The SMILES string of the molecule is CCOC(=O)c1[nH]c(C)c(CN(Cc2ccco2)C(=O)NCc2ccc(C)cc2)c1C. The van der Waals surface area contributed by atoms with E-state index in [0.717, 1.165) is 22.4 Å². The lowest BCUT2D eigenvalue weighted by Crippen LogP contribution is -2.38. The number of hydrogen-bond donors (Lipinski definition) is 2. The van der Waals surface area contributed by atoms with E-state index in [-0.39, 0.29) is 6.03 Å². The minimum atomic E-state index is -0.393. The van der Waals surface area contributed by atoms with Crippen LogP contribution in [0, 0.1) is 20.8 Å². The van der Waals surface area contributed by atoms with E-state index < -0.39 is 5.97 Å². The zero-order valence-electron chi connectivity index (χ0n) is 18.5. The van der Waals surface area contributed by atoms with Crippen LogP contribution in [0.2, 0.25) is 0 Å². The zero-order chi connectivity index (χ0) is 22.4. The van der Waals surface area contributed by atoms with E-state index in [9.17, 15) is 9.59 Å². The topological polar surface area (TPSA) is 87.6 Å². The van der Waals surface area contributed by atoms with Crippen LogP contribution in [0.5, 0.6) is 0 Å². The molecule has 164 valence electrons. The fraction of sp³-hybridized carbons (Fsp3) is 0.333. The summed E-state index contributed by atoms with van der Waals surface area (Å²) in [6, 6.07) is 11.5. The molecule has 1 aromatic carbocycles. The van der Waals surface area contributed by atoms with E-state index in [1.807, 2.05) is 51.1 Å². The number of aromatic amines is 1. The highest BCUT2D eigenvalue weighted by molar-refractivity contribution is 5.89. The van der Waals surface area contributed by atoms with E-state index in [1.54, 1.807) is 24.2 Å². The molecule has 31 heavy (non-hydrogen) atoms. The first-order chi connectivity index (χ1) is 14.9. The van der Waals surface area contributed by atoms with E-state index in [0.29, 0.717) is 37.7 Å². The van der Waals surface area contributed by atoms with Gasteiger partial charge in [0.1, 0.15) is 11.5 Å². The largest absolute Gasteiger partial charge is 0.467 e. The molecule has 2 amide bonds. The van der Waals surface area contributed by atoms with Crippen molar-refractivity contribution in [2.45, 2.75) is 47.3 Å². The third-order valence-corrected chi connectivity index (χ3v) is 5.20. The van der Waals surface area contributed by atoms with Gasteiger partial charge in [0.05, 0.1) is 19.4 Å². The van der Waals surface area contributed by atoms with Crippen molar-refractivity contribution in [1.82, 2.24) is 15.2 Å². The van der Waals surface area contributed by atoms with Crippen LogP contribution in [0.4, 0.5) is 4.79 Å². The number of aromatic nitrogens is 1. The average Bonchev–Trinajstić information content (AvgIpc) is 3.36. The van der Waals surface area contributed by atoms with E-state index >= 15 is 0 Å². The van der Waals surface area contributed by atoms with Gasteiger partial charge in [-0.3, -0.25) is 0 Å². The molecular weight excluding hydrogens is 394 g/mol. The second-order valence-electron chi connectivity index (χ2n) is 7.53. The van der Waals surface area contributed by atoms with Crippen molar-refractivity contribution >= 4 is 12.0 Å². The van der Waals surface area contributed by atoms with E-state index in [1.165, 1.54) is 5.56 Å². The zero-order valence-corrected chi connectivity index (χ0v) is 18.5. The van der Waals surface area contributed by atoms with Gasteiger partial charge < -0.3 is 24.4 Å². The van der Waals surface area contributed by atoms with Crippen molar-refractivity contribution in [1.29, 1.82) is 0 Å². The molecule has 0 atom stereocenters. The summed E-state index contributed by atoms with van der Waals surface area (Å²) in [5.41, 5.74) is 5.12. The number of esters is 1. The number of carbonyl (C=O) groups is 2. The summed E-state index contributed by atoms with van der Waals surface area (Å²) in [7, 11) is 0. The molecule has 2 heterocycles. The average molecular weight is 424 g/mol. The maximum absolute atomic E-state index is 13.1. The molecule has 2 aromatic heterocycles. The second kappa shape index (κ2) is 10.0. The normalized spacial score (nSPS) is 10.7. The van der Waals surface area contributed by atoms with Gasteiger partial charge in [-0.05, 0) is 56.5 Å². The smallest absolute Gasteiger partial charge is 0.355 e.